The van der Waals surface area contributed by atoms with Crippen molar-refractivity contribution in [3.63, 3.8) is 0 Å². The highest BCUT2D eigenvalue weighted by Crippen LogP contribution is 2.36. The van der Waals surface area contributed by atoms with E-state index < -0.39 is 11.6 Å². The maximum atomic E-state index is 13.0. The number of benzene rings is 2. The van der Waals surface area contributed by atoms with Gasteiger partial charge in [0, 0.05) is 13.1 Å². The van der Waals surface area contributed by atoms with Crippen molar-refractivity contribution in [3.8, 4) is 0 Å². The summed E-state index contributed by atoms with van der Waals surface area (Å²) in [7, 11) is 0. The van der Waals surface area contributed by atoms with Gasteiger partial charge in [-0.3, -0.25) is 14.5 Å². The second-order valence-corrected chi connectivity index (χ2v) is 9.12. The summed E-state index contributed by atoms with van der Waals surface area (Å²) >= 11 is 0. The first-order chi connectivity index (χ1) is 15.0. The Hall–Kier alpha value is -3.15. The monoisotopic (exact) mass is 417 g/mol. The summed E-state index contributed by atoms with van der Waals surface area (Å²) in [5.41, 5.74) is 1.42. The van der Waals surface area contributed by atoms with Gasteiger partial charge in [-0.2, -0.15) is 0 Å². The molecule has 0 radical (unpaired) electrons. The molecule has 0 unspecified atom stereocenters. The maximum absolute atomic E-state index is 13.0. The fraction of sp³-hybridized carbons (Fsp3) is 0.400. The molecule has 1 saturated heterocycles. The number of hydrogen-bond acceptors (Lipinski definition) is 3. The molecule has 160 valence electrons. The van der Waals surface area contributed by atoms with Crippen LogP contribution >= 0.6 is 0 Å². The lowest BCUT2D eigenvalue weighted by molar-refractivity contribution is -0.139. The van der Waals surface area contributed by atoms with Gasteiger partial charge in [0.05, 0.1) is 0 Å². The Balaban J connectivity index is 1.27. The lowest BCUT2D eigenvalue weighted by atomic mass is 9.77. The minimum Gasteiger partial charge on any atom is -0.333 e. The van der Waals surface area contributed by atoms with Crippen LogP contribution in [-0.4, -0.2) is 52.8 Å². The average molecular weight is 418 g/mol. The molecule has 0 atom stereocenters. The molecule has 2 fully saturated rings. The van der Waals surface area contributed by atoms with E-state index in [4.69, 9.17) is 0 Å². The van der Waals surface area contributed by atoms with Gasteiger partial charge in [-0.1, -0.05) is 55.5 Å². The maximum Gasteiger partial charge on any atom is 0.325 e. The topological polar surface area (TPSA) is 69.7 Å². The highest BCUT2D eigenvalue weighted by Gasteiger charge is 2.52. The first-order valence-corrected chi connectivity index (χ1v) is 11.1. The summed E-state index contributed by atoms with van der Waals surface area (Å²) in [5.74, 6) is 0.129. The molecular formula is C25H27N3O3. The van der Waals surface area contributed by atoms with E-state index in [1.165, 1.54) is 0 Å². The number of rotatable bonds is 3. The number of urea groups is 1. The zero-order valence-electron chi connectivity index (χ0n) is 17.8. The van der Waals surface area contributed by atoms with Gasteiger partial charge in [0.15, 0.2) is 0 Å². The molecule has 6 heteroatoms. The van der Waals surface area contributed by atoms with Crippen molar-refractivity contribution in [2.24, 2.45) is 5.92 Å². The molecule has 1 spiro atoms. The van der Waals surface area contributed by atoms with Crippen LogP contribution in [0.3, 0.4) is 0 Å². The van der Waals surface area contributed by atoms with Gasteiger partial charge in [0.25, 0.3) is 5.91 Å². The van der Waals surface area contributed by atoms with Gasteiger partial charge in [0.2, 0.25) is 5.91 Å². The van der Waals surface area contributed by atoms with E-state index in [0.717, 1.165) is 39.7 Å². The third-order valence-electron chi connectivity index (χ3n) is 7.07. The number of carbonyl (C=O) groups excluding carboxylic acids is 3. The summed E-state index contributed by atoms with van der Waals surface area (Å²) in [5, 5.41) is 5.22. The quantitative estimate of drug-likeness (QED) is 0.777. The molecule has 2 aromatic rings. The van der Waals surface area contributed by atoms with Crippen LogP contribution in [-0.2, 0) is 9.59 Å². The second kappa shape index (κ2) is 7.52. The number of nitrogens with zero attached hydrogens (tertiary/aromatic N) is 2. The number of carbonyl (C=O) groups is 3. The summed E-state index contributed by atoms with van der Waals surface area (Å²) in [6, 6.07) is 14.0. The van der Waals surface area contributed by atoms with Crippen LogP contribution in [0, 0.1) is 5.92 Å². The molecule has 2 aliphatic heterocycles. The standard InChI is InChI=1S/C25H27N3O3/c1-17-9-12-25(13-10-17)23(30)28(24(31)26-25)16-22(29)27-14-11-19(15-27)21-8-4-6-18-5-2-3-7-20(18)21/h2-8,11,17H,9-10,12-16H2,1H3,(H,26,31). The molecule has 3 aliphatic rings. The fourth-order valence-electron chi connectivity index (χ4n) is 5.09. The minimum absolute atomic E-state index is 0.196. The molecular weight excluding hydrogens is 390 g/mol. The highest BCUT2D eigenvalue weighted by molar-refractivity contribution is 6.09. The summed E-state index contributed by atoms with van der Waals surface area (Å²) in [6.45, 7) is 2.95. The lowest BCUT2D eigenvalue weighted by Crippen LogP contribution is -2.50. The van der Waals surface area contributed by atoms with E-state index >= 15 is 0 Å². The first kappa shape index (κ1) is 19.8. The lowest BCUT2D eigenvalue weighted by Gasteiger charge is -2.33. The molecule has 4 amide bonds. The first-order valence-electron chi connectivity index (χ1n) is 11.1. The molecule has 1 saturated carbocycles. The van der Waals surface area contributed by atoms with Gasteiger partial charge >= 0.3 is 6.03 Å². The number of fused-ring (bicyclic) bond motifs is 1. The van der Waals surface area contributed by atoms with Crippen LogP contribution in [0.1, 0.15) is 38.2 Å². The SMILES string of the molecule is CC1CCC2(CC1)NC(=O)N(CC(=O)N1CC=C(c3cccc4ccccc34)C1)C2=O. The Morgan fingerprint density at radius 2 is 1.84 bits per heavy atom. The van der Waals surface area contributed by atoms with Gasteiger partial charge in [-0.05, 0) is 53.5 Å². The van der Waals surface area contributed by atoms with Crippen molar-refractivity contribution in [2.45, 2.75) is 38.1 Å². The molecule has 2 heterocycles. The van der Waals surface area contributed by atoms with Crippen molar-refractivity contribution in [1.29, 1.82) is 0 Å². The van der Waals surface area contributed by atoms with Crippen LogP contribution in [0.2, 0.25) is 0 Å². The van der Waals surface area contributed by atoms with Crippen LogP contribution in [0.15, 0.2) is 48.5 Å². The normalized spacial score (nSPS) is 26.0. The third kappa shape index (κ3) is 3.40. The number of imide groups is 1. The van der Waals surface area contributed by atoms with Gasteiger partial charge in [-0.15, -0.1) is 0 Å². The smallest absolute Gasteiger partial charge is 0.325 e. The second-order valence-electron chi connectivity index (χ2n) is 9.12. The predicted molar refractivity (Wildman–Crippen MR) is 119 cm³/mol. The van der Waals surface area contributed by atoms with Gasteiger partial charge in [-0.25, -0.2) is 4.79 Å². The van der Waals surface area contributed by atoms with Gasteiger partial charge in [0.1, 0.15) is 12.1 Å². The van der Waals surface area contributed by atoms with Crippen LogP contribution in [0.4, 0.5) is 4.79 Å². The molecule has 0 bridgehead atoms. The molecule has 5 rings (SSSR count). The average Bonchev–Trinajstić information content (AvgIpc) is 3.35. The predicted octanol–water partition coefficient (Wildman–Crippen LogP) is 3.57. The largest absolute Gasteiger partial charge is 0.333 e. The van der Waals surface area contributed by atoms with E-state index in [9.17, 15) is 14.4 Å². The Morgan fingerprint density at radius 3 is 2.65 bits per heavy atom. The summed E-state index contributed by atoms with van der Waals surface area (Å²) in [4.78, 5) is 41.4. The van der Waals surface area contributed by atoms with Crippen LogP contribution in [0.5, 0.6) is 0 Å². The van der Waals surface area contributed by atoms with Crippen molar-refractivity contribution < 1.29 is 14.4 Å². The minimum atomic E-state index is -0.804. The van der Waals surface area contributed by atoms with E-state index in [0.29, 0.717) is 31.8 Å². The highest BCUT2D eigenvalue weighted by atomic mass is 16.2. The van der Waals surface area contributed by atoms with Gasteiger partial charge < -0.3 is 10.2 Å². The van der Waals surface area contributed by atoms with Crippen LogP contribution in [0.25, 0.3) is 16.3 Å². The summed E-state index contributed by atoms with van der Waals surface area (Å²) in [6.07, 6.45) is 5.20. The zero-order chi connectivity index (χ0) is 21.6. The number of nitrogens with one attached hydrogen (secondary N) is 1. The fourth-order valence-corrected chi connectivity index (χ4v) is 5.09. The molecule has 1 aliphatic carbocycles. The van der Waals surface area contributed by atoms with Crippen molar-refractivity contribution in [3.05, 3.63) is 54.1 Å². The molecule has 2 aromatic carbocycles. The Kier molecular flexibility index (Phi) is 4.80. The van der Waals surface area contributed by atoms with Crippen molar-refractivity contribution in [1.82, 2.24) is 15.1 Å². The van der Waals surface area contributed by atoms with Crippen molar-refractivity contribution in [2.75, 3.05) is 19.6 Å². The zero-order valence-corrected chi connectivity index (χ0v) is 17.8. The molecule has 6 nitrogen and oxygen atoms in total. The molecule has 1 N–H and O–H groups in total. The van der Waals surface area contributed by atoms with E-state index in [2.05, 4.69) is 42.6 Å². The summed E-state index contributed by atoms with van der Waals surface area (Å²) < 4.78 is 0. The van der Waals surface area contributed by atoms with E-state index in [1.54, 1.807) is 4.90 Å². The molecule has 31 heavy (non-hydrogen) atoms. The molecule has 0 aromatic heterocycles. The van der Waals surface area contributed by atoms with E-state index in [1.807, 2.05) is 18.2 Å². The van der Waals surface area contributed by atoms with E-state index in [-0.39, 0.29) is 18.4 Å². The Labute approximate surface area is 181 Å². The Morgan fingerprint density at radius 1 is 1.10 bits per heavy atom. The van der Waals surface area contributed by atoms with Crippen LogP contribution < -0.4 is 5.32 Å². The van der Waals surface area contributed by atoms with Crippen molar-refractivity contribution >= 4 is 34.2 Å². The number of hydrogen-bond donors (Lipinski definition) is 1. The Bertz CT molecular complexity index is 1090. The number of amides is 4. The third-order valence-corrected chi connectivity index (χ3v) is 7.07.